The lowest BCUT2D eigenvalue weighted by Crippen LogP contribution is -2.03. The van der Waals surface area contributed by atoms with Gasteiger partial charge < -0.3 is 9.15 Å². The van der Waals surface area contributed by atoms with Gasteiger partial charge >= 0.3 is 0 Å². The van der Waals surface area contributed by atoms with Crippen molar-refractivity contribution in [2.75, 3.05) is 6.61 Å². The van der Waals surface area contributed by atoms with Gasteiger partial charge in [-0.05, 0) is 41.6 Å². The molecular weight excluding hydrogens is 398 g/mol. The minimum absolute atomic E-state index is 0.484. The Balaban J connectivity index is 1.51. The normalized spacial score (nSPS) is 10.9. The van der Waals surface area contributed by atoms with Crippen LogP contribution >= 0.6 is 23.4 Å². The van der Waals surface area contributed by atoms with Crippen molar-refractivity contribution in [1.82, 2.24) is 25.2 Å². The molecule has 0 saturated heterocycles. The summed E-state index contributed by atoms with van der Waals surface area (Å²) in [7, 11) is 0. The number of ether oxygens (including phenoxy) is 1. The molecule has 0 aliphatic carbocycles. The Morgan fingerprint density at radius 3 is 2.93 bits per heavy atom. The maximum atomic E-state index is 6.04. The first-order valence-electron chi connectivity index (χ1n) is 8.58. The number of halogens is 1. The summed E-state index contributed by atoms with van der Waals surface area (Å²) in [5.41, 5.74) is 1.66. The quantitative estimate of drug-likeness (QED) is 0.407. The SMILES string of the molecule is CCOc1ccccc1-n1nnnc1SCc1ncc(-c2cccc(Cl)c2)o1. The Morgan fingerprint density at radius 2 is 2.07 bits per heavy atom. The predicted molar refractivity (Wildman–Crippen MR) is 107 cm³/mol. The van der Waals surface area contributed by atoms with E-state index in [1.807, 2.05) is 55.5 Å². The Morgan fingerprint density at radius 1 is 1.18 bits per heavy atom. The molecule has 2 aromatic heterocycles. The number of hydrogen-bond donors (Lipinski definition) is 0. The van der Waals surface area contributed by atoms with E-state index in [-0.39, 0.29) is 0 Å². The summed E-state index contributed by atoms with van der Waals surface area (Å²) in [6.07, 6.45) is 1.69. The van der Waals surface area contributed by atoms with Crippen LogP contribution in [0.1, 0.15) is 12.8 Å². The minimum Gasteiger partial charge on any atom is -0.492 e. The number of hydrogen-bond acceptors (Lipinski definition) is 7. The Kier molecular flexibility index (Phi) is 5.59. The molecule has 2 heterocycles. The van der Waals surface area contributed by atoms with Crippen molar-refractivity contribution in [3.63, 3.8) is 0 Å². The van der Waals surface area contributed by atoms with Crippen LogP contribution in [0.25, 0.3) is 17.0 Å². The zero-order valence-corrected chi connectivity index (χ0v) is 16.5. The number of benzene rings is 2. The van der Waals surface area contributed by atoms with Gasteiger partial charge in [0.05, 0.1) is 18.6 Å². The number of oxazole rings is 1. The second-order valence-electron chi connectivity index (χ2n) is 5.69. The fourth-order valence-electron chi connectivity index (χ4n) is 2.61. The number of thioether (sulfide) groups is 1. The molecule has 4 aromatic rings. The molecule has 7 nitrogen and oxygen atoms in total. The molecule has 2 aromatic carbocycles. The van der Waals surface area contributed by atoms with Gasteiger partial charge in [0.15, 0.2) is 5.76 Å². The third-order valence-corrected chi connectivity index (χ3v) is 4.96. The van der Waals surface area contributed by atoms with Crippen molar-refractivity contribution in [1.29, 1.82) is 0 Å². The van der Waals surface area contributed by atoms with Crippen molar-refractivity contribution >= 4 is 23.4 Å². The van der Waals surface area contributed by atoms with Gasteiger partial charge in [0, 0.05) is 10.6 Å². The molecule has 4 rings (SSSR count). The van der Waals surface area contributed by atoms with Crippen molar-refractivity contribution in [2.24, 2.45) is 0 Å². The molecule has 0 radical (unpaired) electrons. The average Bonchev–Trinajstić information content (AvgIpc) is 3.37. The zero-order valence-electron chi connectivity index (χ0n) is 14.9. The molecule has 0 aliphatic rings. The highest BCUT2D eigenvalue weighted by Crippen LogP contribution is 2.29. The van der Waals surface area contributed by atoms with Crippen LogP contribution in [0.3, 0.4) is 0 Å². The predicted octanol–water partition coefficient (Wildman–Crippen LogP) is 4.66. The largest absolute Gasteiger partial charge is 0.492 e. The van der Waals surface area contributed by atoms with Crippen molar-refractivity contribution < 1.29 is 9.15 Å². The van der Waals surface area contributed by atoms with Crippen LogP contribution in [0, 0.1) is 0 Å². The van der Waals surface area contributed by atoms with E-state index in [1.165, 1.54) is 11.8 Å². The summed E-state index contributed by atoms with van der Waals surface area (Å²) in [6.45, 7) is 2.50. The molecule has 0 atom stereocenters. The highest BCUT2D eigenvalue weighted by molar-refractivity contribution is 7.98. The van der Waals surface area contributed by atoms with Crippen LogP contribution in [-0.4, -0.2) is 31.8 Å². The lowest BCUT2D eigenvalue weighted by Gasteiger charge is -2.10. The monoisotopic (exact) mass is 413 g/mol. The van der Waals surface area contributed by atoms with Crippen LogP contribution in [0.15, 0.2) is 64.3 Å². The second-order valence-corrected chi connectivity index (χ2v) is 7.07. The maximum Gasteiger partial charge on any atom is 0.214 e. The molecule has 0 fully saturated rings. The second kappa shape index (κ2) is 8.45. The molecule has 0 saturated carbocycles. The van der Waals surface area contributed by atoms with Gasteiger partial charge in [0.2, 0.25) is 11.0 Å². The number of aromatic nitrogens is 5. The van der Waals surface area contributed by atoms with Crippen molar-refractivity contribution in [3.05, 3.63) is 65.6 Å². The third kappa shape index (κ3) is 4.02. The van der Waals surface area contributed by atoms with Gasteiger partial charge in [-0.3, -0.25) is 0 Å². The maximum absolute atomic E-state index is 6.04. The molecule has 0 bridgehead atoms. The van der Waals surface area contributed by atoms with E-state index >= 15 is 0 Å². The molecule has 0 spiro atoms. The summed E-state index contributed by atoms with van der Waals surface area (Å²) in [5.74, 6) is 2.45. The van der Waals surface area contributed by atoms with Crippen molar-refractivity contribution in [2.45, 2.75) is 17.8 Å². The Labute approximate surface area is 170 Å². The average molecular weight is 414 g/mol. The van der Waals surface area contributed by atoms with Crippen LogP contribution in [0.4, 0.5) is 0 Å². The van der Waals surface area contributed by atoms with Gasteiger partial charge in [0.25, 0.3) is 0 Å². The smallest absolute Gasteiger partial charge is 0.214 e. The molecule has 0 N–H and O–H groups in total. The van der Waals surface area contributed by atoms with Crippen LogP contribution in [0.2, 0.25) is 5.02 Å². The summed E-state index contributed by atoms with van der Waals surface area (Å²) in [4.78, 5) is 4.34. The lowest BCUT2D eigenvalue weighted by molar-refractivity contribution is 0.337. The van der Waals surface area contributed by atoms with E-state index in [2.05, 4.69) is 20.5 Å². The van der Waals surface area contributed by atoms with Gasteiger partial charge in [-0.2, -0.15) is 4.68 Å². The van der Waals surface area contributed by atoms with Gasteiger partial charge in [0.1, 0.15) is 11.4 Å². The lowest BCUT2D eigenvalue weighted by atomic mass is 10.2. The number of rotatable bonds is 7. The van der Waals surface area contributed by atoms with Gasteiger partial charge in [-0.1, -0.05) is 47.6 Å². The van der Waals surface area contributed by atoms with E-state index in [9.17, 15) is 0 Å². The van der Waals surface area contributed by atoms with Crippen LogP contribution < -0.4 is 4.74 Å². The minimum atomic E-state index is 0.484. The molecular formula is C19H16ClN5O2S. The fourth-order valence-corrected chi connectivity index (χ4v) is 3.54. The van der Waals surface area contributed by atoms with Crippen LogP contribution in [-0.2, 0) is 5.75 Å². The van der Waals surface area contributed by atoms with E-state index in [1.54, 1.807) is 10.9 Å². The van der Waals surface area contributed by atoms with Crippen molar-refractivity contribution in [3.8, 4) is 22.8 Å². The first kappa shape index (κ1) is 18.5. The number of nitrogens with zero attached hydrogens (tertiary/aromatic N) is 5. The van der Waals surface area contributed by atoms with E-state index in [0.29, 0.717) is 34.2 Å². The number of tetrazole rings is 1. The molecule has 9 heteroatoms. The summed E-state index contributed by atoms with van der Waals surface area (Å²) < 4.78 is 13.2. The zero-order chi connectivity index (χ0) is 19.3. The Bertz CT molecular complexity index is 1080. The van der Waals surface area contributed by atoms with Gasteiger partial charge in [-0.15, -0.1) is 5.10 Å². The Hall–Kier alpha value is -2.84. The van der Waals surface area contributed by atoms with E-state index < -0.39 is 0 Å². The molecule has 0 amide bonds. The highest BCUT2D eigenvalue weighted by Gasteiger charge is 2.15. The van der Waals surface area contributed by atoms with E-state index in [4.69, 9.17) is 20.8 Å². The van der Waals surface area contributed by atoms with Gasteiger partial charge in [-0.25, -0.2) is 4.98 Å². The first-order chi connectivity index (χ1) is 13.7. The molecule has 0 unspecified atom stereocenters. The summed E-state index contributed by atoms with van der Waals surface area (Å²) in [6, 6.07) is 15.1. The van der Waals surface area contributed by atoms with Crippen LogP contribution in [0.5, 0.6) is 5.75 Å². The summed E-state index contributed by atoms with van der Waals surface area (Å²) >= 11 is 7.47. The molecule has 142 valence electrons. The molecule has 28 heavy (non-hydrogen) atoms. The fraction of sp³-hybridized carbons (Fsp3) is 0.158. The number of para-hydroxylation sites is 2. The third-order valence-electron chi connectivity index (χ3n) is 3.82. The summed E-state index contributed by atoms with van der Waals surface area (Å²) in [5, 5.41) is 13.3. The topological polar surface area (TPSA) is 78.9 Å². The standard InChI is InChI=1S/C19H16ClN5O2S/c1-2-26-16-9-4-3-8-15(16)25-19(22-23-24-25)28-12-18-21-11-17(27-18)13-6-5-7-14(20)10-13/h3-11H,2,12H2,1H3. The molecule has 0 aliphatic heterocycles. The highest BCUT2D eigenvalue weighted by atomic mass is 35.5. The van der Waals surface area contributed by atoms with E-state index in [0.717, 1.165) is 17.0 Å². The first-order valence-corrected chi connectivity index (χ1v) is 9.95.